The van der Waals surface area contributed by atoms with Crippen molar-refractivity contribution in [1.29, 1.82) is 0 Å². The largest absolute Gasteiger partial charge is 0.308 e. The number of nitrogens with zero attached hydrogens (tertiary/aromatic N) is 1. The van der Waals surface area contributed by atoms with Crippen molar-refractivity contribution < 1.29 is 0 Å². The summed E-state index contributed by atoms with van der Waals surface area (Å²) in [5.74, 6) is 0. The molecule has 11 rings (SSSR count). The van der Waals surface area contributed by atoms with Gasteiger partial charge in [0.25, 0.3) is 0 Å². The first-order valence-electron chi connectivity index (χ1n) is 17.8. The van der Waals surface area contributed by atoms with Crippen molar-refractivity contribution in [2.45, 2.75) is 5.41 Å². The summed E-state index contributed by atoms with van der Waals surface area (Å²) in [4.78, 5) is 2.58. The summed E-state index contributed by atoms with van der Waals surface area (Å²) >= 11 is 3.77. The van der Waals surface area contributed by atoms with E-state index in [1.54, 1.807) is 0 Å². The minimum atomic E-state index is -0.485. The van der Waals surface area contributed by atoms with E-state index in [1.165, 1.54) is 90.8 Å². The zero-order valence-corrected chi connectivity index (χ0v) is 29.8. The van der Waals surface area contributed by atoms with Gasteiger partial charge in [-0.25, -0.2) is 0 Å². The molecule has 1 aliphatic rings. The summed E-state index contributed by atoms with van der Waals surface area (Å²) < 4.78 is 5.20. The third kappa shape index (κ3) is 4.09. The number of fused-ring (bicyclic) bond motifs is 9. The number of benzene rings is 8. The summed E-state index contributed by atoms with van der Waals surface area (Å²) in [5.41, 5.74) is 10.8. The third-order valence-corrected chi connectivity index (χ3v) is 13.3. The van der Waals surface area contributed by atoms with Crippen LogP contribution in [0.4, 0.5) is 17.1 Å². The lowest BCUT2D eigenvalue weighted by atomic mass is 9.68. The molecule has 3 heteroatoms. The molecule has 0 spiro atoms. The molecule has 8 aromatic carbocycles. The van der Waals surface area contributed by atoms with E-state index >= 15 is 0 Å². The molecular weight excluding hydrogens is 667 g/mol. The second-order valence-electron chi connectivity index (χ2n) is 13.6. The lowest BCUT2D eigenvalue weighted by molar-refractivity contribution is 0.768. The standard InChI is InChI=1S/C49H31NS2/c1-3-16-32(17-4-1)49(33-18-5-2-6-19-33)38-24-10-7-21-36(38)46-39(49)25-14-26-40(46)50(41-27-15-31-45-47(41)37-22-9-12-30-44(37)51-45)42-28-13-23-35-34-20-8-11-29-43(34)52-48(35)42/h1-31H. The molecule has 0 saturated heterocycles. The van der Waals surface area contributed by atoms with Gasteiger partial charge in [0.1, 0.15) is 0 Å². The molecule has 1 nitrogen and oxygen atoms in total. The Morgan fingerprint density at radius 3 is 1.69 bits per heavy atom. The highest BCUT2D eigenvalue weighted by atomic mass is 32.1. The topological polar surface area (TPSA) is 3.24 Å². The molecule has 0 aliphatic heterocycles. The average Bonchev–Trinajstić information content (AvgIpc) is 3.88. The van der Waals surface area contributed by atoms with Gasteiger partial charge in [-0.2, -0.15) is 0 Å². The molecule has 1 aliphatic carbocycles. The van der Waals surface area contributed by atoms with Crippen molar-refractivity contribution in [3.8, 4) is 11.1 Å². The molecule has 0 bridgehead atoms. The van der Waals surface area contributed by atoms with Gasteiger partial charge < -0.3 is 4.90 Å². The first-order valence-corrected chi connectivity index (χ1v) is 19.4. The van der Waals surface area contributed by atoms with Gasteiger partial charge in [0.15, 0.2) is 0 Å². The van der Waals surface area contributed by atoms with Crippen molar-refractivity contribution in [3.05, 3.63) is 210 Å². The first kappa shape index (κ1) is 29.7. The Hall–Kier alpha value is -6.00. The smallest absolute Gasteiger partial charge is 0.0714 e. The van der Waals surface area contributed by atoms with Crippen LogP contribution in [0.1, 0.15) is 22.3 Å². The molecule has 52 heavy (non-hydrogen) atoms. The normalized spacial score (nSPS) is 13.2. The Morgan fingerprint density at radius 1 is 0.365 bits per heavy atom. The van der Waals surface area contributed by atoms with Crippen LogP contribution in [0.2, 0.25) is 0 Å². The van der Waals surface area contributed by atoms with Crippen LogP contribution in [0.25, 0.3) is 51.5 Å². The highest BCUT2D eigenvalue weighted by molar-refractivity contribution is 7.26. The number of hydrogen-bond acceptors (Lipinski definition) is 3. The Kier molecular flexibility index (Phi) is 6.57. The van der Waals surface area contributed by atoms with Gasteiger partial charge in [0.05, 0.1) is 27.2 Å². The van der Waals surface area contributed by atoms with E-state index in [-0.39, 0.29) is 0 Å². The summed E-state index contributed by atoms with van der Waals surface area (Å²) in [6.45, 7) is 0. The quantitative estimate of drug-likeness (QED) is 0.173. The molecule has 0 radical (unpaired) electrons. The Labute approximate surface area is 310 Å². The van der Waals surface area contributed by atoms with Gasteiger partial charge >= 0.3 is 0 Å². The predicted octanol–water partition coefficient (Wildman–Crippen LogP) is 14.3. The molecule has 0 unspecified atom stereocenters. The van der Waals surface area contributed by atoms with Crippen LogP contribution in [0.15, 0.2) is 188 Å². The summed E-state index contributed by atoms with van der Waals surface area (Å²) in [7, 11) is 0. The van der Waals surface area contributed by atoms with Crippen LogP contribution in [0, 0.1) is 0 Å². The fourth-order valence-electron chi connectivity index (χ4n) is 8.90. The molecular formula is C49H31NS2. The van der Waals surface area contributed by atoms with Gasteiger partial charge in [-0.3, -0.25) is 0 Å². The maximum atomic E-state index is 2.58. The molecule has 0 fully saturated rings. The minimum Gasteiger partial charge on any atom is -0.308 e. The fourth-order valence-corrected chi connectivity index (χ4v) is 11.2. The van der Waals surface area contributed by atoms with Crippen molar-refractivity contribution in [3.63, 3.8) is 0 Å². The van der Waals surface area contributed by atoms with Crippen molar-refractivity contribution in [2.75, 3.05) is 4.90 Å². The van der Waals surface area contributed by atoms with Gasteiger partial charge in [0.2, 0.25) is 0 Å². The van der Waals surface area contributed by atoms with Crippen LogP contribution in [-0.2, 0) is 5.41 Å². The van der Waals surface area contributed by atoms with Crippen molar-refractivity contribution >= 4 is 80.1 Å². The van der Waals surface area contributed by atoms with Crippen LogP contribution in [0.3, 0.4) is 0 Å². The monoisotopic (exact) mass is 697 g/mol. The van der Waals surface area contributed by atoms with Crippen LogP contribution < -0.4 is 4.90 Å². The molecule has 0 amide bonds. The SMILES string of the molecule is c1ccc(C2(c3ccccc3)c3ccccc3-c3c(N(c4cccc5c4sc4ccccc45)c4cccc5sc6ccccc6c45)cccc32)cc1. The summed E-state index contributed by atoms with van der Waals surface area (Å²) in [6, 6.07) is 69.7. The summed E-state index contributed by atoms with van der Waals surface area (Å²) in [5, 5.41) is 5.19. The van der Waals surface area contributed by atoms with Gasteiger partial charge in [0, 0.05) is 41.2 Å². The van der Waals surface area contributed by atoms with E-state index in [4.69, 9.17) is 0 Å². The van der Waals surface area contributed by atoms with Crippen molar-refractivity contribution in [1.82, 2.24) is 0 Å². The highest BCUT2D eigenvalue weighted by Crippen LogP contribution is 2.60. The van der Waals surface area contributed by atoms with Gasteiger partial charge in [-0.1, -0.05) is 152 Å². The number of rotatable bonds is 5. The summed E-state index contributed by atoms with van der Waals surface area (Å²) in [6.07, 6.45) is 0. The van der Waals surface area contributed by atoms with Crippen LogP contribution in [-0.4, -0.2) is 0 Å². The molecule has 0 atom stereocenters. The number of hydrogen-bond donors (Lipinski definition) is 0. The minimum absolute atomic E-state index is 0.485. The highest BCUT2D eigenvalue weighted by Gasteiger charge is 2.47. The van der Waals surface area contributed by atoms with E-state index in [1.807, 2.05) is 22.7 Å². The Bertz CT molecular complexity index is 2930. The lowest BCUT2D eigenvalue weighted by Crippen LogP contribution is -2.28. The first-order chi connectivity index (χ1) is 25.8. The second-order valence-corrected chi connectivity index (χ2v) is 15.7. The van der Waals surface area contributed by atoms with E-state index in [2.05, 4.69) is 193 Å². The number of anilines is 3. The van der Waals surface area contributed by atoms with Gasteiger partial charge in [-0.15, -0.1) is 22.7 Å². The van der Waals surface area contributed by atoms with Gasteiger partial charge in [-0.05, 0) is 64.2 Å². The maximum Gasteiger partial charge on any atom is 0.0714 e. The number of thiophene rings is 2. The average molecular weight is 698 g/mol. The Balaban J connectivity index is 1.30. The molecule has 244 valence electrons. The fraction of sp³-hybridized carbons (Fsp3) is 0.0204. The van der Waals surface area contributed by atoms with E-state index in [9.17, 15) is 0 Å². The van der Waals surface area contributed by atoms with Crippen molar-refractivity contribution in [2.24, 2.45) is 0 Å². The molecule has 0 N–H and O–H groups in total. The zero-order valence-electron chi connectivity index (χ0n) is 28.2. The predicted molar refractivity (Wildman–Crippen MR) is 224 cm³/mol. The maximum absolute atomic E-state index is 2.58. The molecule has 2 aromatic heterocycles. The lowest BCUT2D eigenvalue weighted by Gasteiger charge is -2.34. The van der Waals surface area contributed by atoms with Crippen LogP contribution >= 0.6 is 22.7 Å². The molecule has 0 saturated carbocycles. The zero-order chi connectivity index (χ0) is 34.2. The second kappa shape index (κ2) is 11.5. The van der Waals surface area contributed by atoms with E-state index < -0.39 is 5.41 Å². The van der Waals surface area contributed by atoms with Crippen LogP contribution in [0.5, 0.6) is 0 Å². The Morgan fingerprint density at radius 2 is 0.904 bits per heavy atom. The van der Waals surface area contributed by atoms with E-state index in [0.29, 0.717) is 0 Å². The third-order valence-electron chi connectivity index (χ3n) is 10.9. The van der Waals surface area contributed by atoms with E-state index in [0.717, 1.165) is 0 Å². The molecule has 10 aromatic rings. The molecule has 2 heterocycles.